The molecule has 2 rings (SSSR count). The number of aromatic amines is 1. The number of rotatable bonds is 5. The van der Waals surface area contributed by atoms with Crippen LogP contribution in [0.2, 0.25) is 0 Å². The van der Waals surface area contributed by atoms with Crippen LogP contribution in [0.3, 0.4) is 0 Å². The first-order chi connectivity index (χ1) is 11.2. The molecule has 0 spiro atoms. The Balaban J connectivity index is 2.03. The maximum atomic E-state index is 12.6. The molecule has 0 saturated carbocycles. The summed E-state index contributed by atoms with van der Waals surface area (Å²) in [5.41, 5.74) is 0.696. The maximum absolute atomic E-state index is 12.6. The molecule has 0 bridgehead atoms. The molecule has 0 aliphatic carbocycles. The highest BCUT2D eigenvalue weighted by Crippen LogP contribution is 2.22. The summed E-state index contributed by atoms with van der Waals surface area (Å²) < 4.78 is 11.1. The van der Waals surface area contributed by atoms with E-state index in [-0.39, 0.29) is 24.0 Å². The number of carbonyl (C=O) groups excluding carboxylic acids is 1. The van der Waals surface area contributed by atoms with Crippen molar-refractivity contribution in [2.45, 2.75) is 52.2 Å². The van der Waals surface area contributed by atoms with Gasteiger partial charge in [0.05, 0.1) is 18.3 Å². The number of amides is 1. The van der Waals surface area contributed by atoms with Crippen molar-refractivity contribution < 1.29 is 14.3 Å². The van der Waals surface area contributed by atoms with Gasteiger partial charge in [-0.05, 0) is 34.1 Å². The zero-order chi connectivity index (χ0) is 17.9. The fourth-order valence-electron chi connectivity index (χ4n) is 3.19. The van der Waals surface area contributed by atoms with Gasteiger partial charge >= 0.3 is 0 Å². The van der Waals surface area contributed by atoms with Crippen LogP contribution >= 0.6 is 0 Å². The first-order valence-corrected chi connectivity index (χ1v) is 8.23. The van der Waals surface area contributed by atoms with Crippen molar-refractivity contribution in [2.75, 3.05) is 26.8 Å². The molecule has 1 fully saturated rings. The third-order valence-corrected chi connectivity index (χ3v) is 4.12. The lowest BCUT2D eigenvalue weighted by Gasteiger charge is -2.42. The molecule has 0 aromatic carbocycles. The lowest BCUT2D eigenvalue weighted by Crippen LogP contribution is -2.55. The van der Waals surface area contributed by atoms with Crippen molar-refractivity contribution in [3.63, 3.8) is 0 Å². The SMILES string of the molecule is COCC1CN(C(=O)CCc2c(C)nc(C)[nH]c2=O)CC(C)(C)O1. The predicted molar refractivity (Wildman–Crippen MR) is 90.1 cm³/mol. The van der Waals surface area contributed by atoms with Gasteiger partial charge in [0.15, 0.2) is 0 Å². The number of carbonyl (C=O) groups is 1. The van der Waals surface area contributed by atoms with Gasteiger partial charge in [-0.1, -0.05) is 0 Å². The van der Waals surface area contributed by atoms with Crippen molar-refractivity contribution in [3.8, 4) is 0 Å². The number of morpholine rings is 1. The second-order valence-electron chi connectivity index (χ2n) is 6.94. The minimum absolute atomic E-state index is 0.0202. The molecule has 1 N–H and O–H groups in total. The molecule has 0 radical (unpaired) electrons. The lowest BCUT2D eigenvalue weighted by atomic mass is 10.0. The zero-order valence-electron chi connectivity index (χ0n) is 15.1. The highest BCUT2D eigenvalue weighted by Gasteiger charge is 2.35. The molecule has 1 aromatic heterocycles. The smallest absolute Gasteiger partial charge is 0.254 e. The second kappa shape index (κ2) is 7.44. The number of ether oxygens (including phenoxy) is 2. The monoisotopic (exact) mass is 337 g/mol. The fourth-order valence-corrected chi connectivity index (χ4v) is 3.19. The molecule has 134 valence electrons. The third-order valence-electron chi connectivity index (χ3n) is 4.12. The van der Waals surface area contributed by atoms with Crippen molar-refractivity contribution in [2.24, 2.45) is 0 Å². The Morgan fingerprint density at radius 3 is 2.79 bits per heavy atom. The van der Waals surface area contributed by atoms with Crippen molar-refractivity contribution in [1.29, 1.82) is 0 Å². The van der Waals surface area contributed by atoms with Crippen LogP contribution in [0.15, 0.2) is 4.79 Å². The molecule has 1 atom stereocenters. The van der Waals surface area contributed by atoms with Gasteiger partial charge in [0, 0.05) is 37.9 Å². The molecule has 1 unspecified atom stereocenters. The van der Waals surface area contributed by atoms with E-state index in [1.54, 1.807) is 25.9 Å². The summed E-state index contributed by atoms with van der Waals surface area (Å²) in [5, 5.41) is 0. The van der Waals surface area contributed by atoms with Crippen molar-refractivity contribution >= 4 is 5.91 Å². The van der Waals surface area contributed by atoms with Crippen LogP contribution < -0.4 is 5.56 Å². The van der Waals surface area contributed by atoms with E-state index in [9.17, 15) is 9.59 Å². The largest absolute Gasteiger partial charge is 0.382 e. The Morgan fingerprint density at radius 1 is 1.46 bits per heavy atom. The Morgan fingerprint density at radius 2 is 2.17 bits per heavy atom. The standard InChI is InChI=1S/C17H27N3O4/c1-11-14(16(22)19-12(2)18-11)6-7-15(21)20-8-13(9-23-5)24-17(3,4)10-20/h13H,6-10H2,1-5H3,(H,18,19,22). The first-order valence-electron chi connectivity index (χ1n) is 8.23. The van der Waals surface area contributed by atoms with E-state index >= 15 is 0 Å². The summed E-state index contributed by atoms with van der Waals surface area (Å²) in [7, 11) is 1.62. The summed E-state index contributed by atoms with van der Waals surface area (Å²) in [6.07, 6.45) is 0.540. The summed E-state index contributed by atoms with van der Waals surface area (Å²) >= 11 is 0. The number of methoxy groups -OCH3 is 1. The maximum Gasteiger partial charge on any atom is 0.254 e. The van der Waals surface area contributed by atoms with Gasteiger partial charge in [0.25, 0.3) is 5.56 Å². The number of nitrogens with one attached hydrogen (secondary N) is 1. The molecule has 1 amide bonds. The predicted octanol–water partition coefficient (Wildman–Crippen LogP) is 0.972. The van der Waals surface area contributed by atoms with E-state index in [1.807, 2.05) is 13.8 Å². The minimum atomic E-state index is -0.407. The fraction of sp³-hybridized carbons (Fsp3) is 0.706. The van der Waals surface area contributed by atoms with Gasteiger partial charge in [-0.15, -0.1) is 0 Å². The normalized spacial score (nSPS) is 20.2. The summed E-state index contributed by atoms with van der Waals surface area (Å²) in [5.74, 6) is 0.608. The number of hydrogen-bond acceptors (Lipinski definition) is 5. The highest BCUT2D eigenvalue weighted by atomic mass is 16.5. The molecule has 1 aliphatic rings. The van der Waals surface area contributed by atoms with Crippen LogP contribution in [0.25, 0.3) is 0 Å². The van der Waals surface area contributed by atoms with E-state index in [2.05, 4.69) is 9.97 Å². The topological polar surface area (TPSA) is 84.5 Å². The zero-order valence-corrected chi connectivity index (χ0v) is 15.1. The van der Waals surface area contributed by atoms with Gasteiger partial charge in [-0.3, -0.25) is 9.59 Å². The molecular weight excluding hydrogens is 310 g/mol. The molecule has 1 aliphatic heterocycles. The molecule has 7 heteroatoms. The number of hydrogen-bond donors (Lipinski definition) is 1. The highest BCUT2D eigenvalue weighted by molar-refractivity contribution is 5.76. The molecule has 24 heavy (non-hydrogen) atoms. The second-order valence-corrected chi connectivity index (χ2v) is 6.94. The van der Waals surface area contributed by atoms with Gasteiger partial charge in [0.2, 0.25) is 5.91 Å². The van der Waals surface area contributed by atoms with Crippen LogP contribution in [0.1, 0.15) is 37.4 Å². The Labute approximate surface area is 142 Å². The quantitative estimate of drug-likeness (QED) is 0.865. The molecular formula is C17H27N3O4. The average Bonchev–Trinajstić information content (AvgIpc) is 2.44. The van der Waals surface area contributed by atoms with E-state index in [1.165, 1.54) is 0 Å². The van der Waals surface area contributed by atoms with Crippen LogP contribution in [0.4, 0.5) is 0 Å². The van der Waals surface area contributed by atoms with E-state index in [0.717, 1.165) is 0 Å². The summed E-state index contributed by atoms with van der Waals surface area (Å²) in [6, 6.07) is 0. The molecule has 2 heterocycles. The average molecular weight is 337 g/mol. The van der Waals surface area contributed by atoms with Gasteiger partial charge < -0.3 is 19.4 Å². The lowest BCUT2D eigenvalue weighted by molar-refractivity contribution is -0.168. The third kappa shape index (κ3) is 4.64. The van der Waals surface area contributed by atoms with Gasteiger partial charge in [0.1, 0.15) is 5.82 Å². The number of aromatic nitrogens is 2. The minimum Gasteiger partial charge on any atom is -0.382 e. The Hall–Kier alpha value is -1.73. The van der Waals surface area contributed by atoms with Crippen LogP contribution in [-0.4, -0.2) is 59.3 Å². The summed E-state index contributed by atoms with van der Waals surface area (Å²) in [4.78, 5) is 33.4. The number of nitrogens with zero attached hydrogens (tertiary/aromatic N) is 2. The van der Waals surface area contributed by atoms with E-state index in [0.29, 0.717) is 43.2 Å². The molecule has 1 aromatic rings. The Bertz CT molecular complexity index is 654. The van der Waals surface area contributed by atoms with Gasteiger partial charge in [-0.2, -0.15) is 0 Å². The Kier molecular flexibility index (Phi) is 5.77. The van der Waals surface area contributed by atoms with Gasteiger partial charge in [-0.25, -0.2) is 4.98 Å². The first kappa shape index (κ1) is 18.6. The molecule has 7 nitrogen and oxygen atoms in total. The van der Waals surface area contributed by atoms with E-state index < -0.39 is 5.60 Å². The van der Waals surface area contributed by atoms with Crippen molar-refractivity contribution in [1.82, 2.24) is 14.9 Å². The number of aryl methyl sites for hydroxylation is 2. The van der Waals surface area contributed by atoms with Crippen LogP contribution in [0, 0.1) is 13.8 Å². The molecule has 1 saturated heterocycles. The van der Waals surface area contributed by atoms with Crippen molar-refractivity contribution in [3.05, 3.63) is 27.4 Å². The number of H-pyrrole nitrogens is 1. The van der Waals surface area contributed by atoms with Crippen LogP contribution in [0.5, 0.6) is 0 Å². The van der Waals surface area contributed by atoms with E-state index in [4.69, 9.17) is 9.47 Å². The van der Waals surface area contributed by atoms with Crippen LogP contribution in [-0.2, 0) is 20.7 Å². The summed E-state index contributed by atoms with van der Waals surface area (Å²) in [6.45, 7) is 8.98.